The third-order valence-electron chi connectivity index (χ3n) is 6.45. The molecule has 21 heavy (non-hydrogen) atoms. The molecule has 1 aromatic rings. The van der Waals surface area contributed by atoms with E-state index >= 15 is 0 Å². The number of fused-ring (bicyclic) bond motifs is 1. The maximum Gasteiger partial charge on any atom is 0.116 e. The predicted octanol–water partition coefficient (Wildman–Crippen LogP) is 3.81. The monoisotopic (exact) mass is 307 g/mol. The maximum atomic E-state index is 10.1. The number of aromatic hydroxyl groups is 1. The van der Waals surface area contributed by atoms with E-state index in [1.54, 1.807) is 0 Å². The number of benzene rings is 1. The van der Waals surface area contributed by atoms with Crippen LogP contribution in [0, 0.1) is 12.8 Å². The summed E-state index contributed by atoms with van der Waals surface area (Å²) in [7, 11) is 2.31. The number of hydrogen-bond donors (Lipinski definition) is 1. The number of hydrogen-bond acceptors (Lipinski definition) is 2. The second-order valence-corrected chi connectivity index (χ2v) is 7.30. The molecule has 0 radical (unpaired) electrons. The fraction of sp³-hybridized carbons (Fsp3) is 0.667. The van der Waals surface area contributed by atoms with Crippen LogP contribution in [0.4, 0.5) is 0 Å². The van der Waals surface area contributed by atoms with Gasteiger partial charge in [-0.15, -0.1) is 12.4 Å². The van der Waals surface area contributed by atoms with E-state index in [0.717, 1.165) is 12.0 Å². The van der Waals surface area contributed by atoms with Gasteiger partial charge in [-0.1, -0.05) is 12.8 Å². The summed E-state index contributed by atoms with van der Waals surface area (Å²) in [5, 5.41) is 10.1. The first-order chi connectivity index (χ1) is 9.62. The Balaban J connectivity index is 0.00000132. The first-order valence-corrected chi connectivity index (χ1v) is 8.15. The molecule has 1 aromatic carbocycles. The Bertz CT molecular complexity index is 558. The molecule has 1 heterocycles. The van der Waals surface area contributed by atoms with Gasteiger partial charge >= 0.3 is 0 Å². The lowest BCUT2D eigenvalue weighted by atomic mass is 9.52. The Kier molecular flexibility index (Phi) is 3.74. The van der Waals surface area contributed by atoms with Gasteiger partial charge in [0.05, 0.1) is 0 Å². The second-order valence-electron chi connectivity index (χ2n) is 7.30. The first kappa shape index (κ1) is 15.2. The second kappa shape index (κ2) is 5.17. The normalized spacial score (nSPS) is 34.6. The van der Waals surface area contributed by atoms with Crippen LogP contribution < -0.4 is 0 Å². The predicted molar refractivity (Wildman–Crippen MR) is 88.5 cm³/mol. The molecule has 0 unspecified atom stereocenters. The van der Waals surface area contributed by atoms with Crippen LogP contribution in [-0.4, -0.2) is 29.6 Å². The van der Waals surface area contributed by atoms with Crippen molar-refractivity contribution < 1.29 is 5.11 Å². The van der Waals surface area contributed by atoms with Crippen molar-refractivity contribution in [3.63, 3.8) is 0 Å². The number of aryl methyl sites for hydroxylation is 1. The van der Waals surface area contributed by atoms with E-state index in [2.05, 4.69) is 24.9 Å². The Labute approximate surface area is 134 Å². The van der Waals surface area contributed by atoms with Crippen LogP contribution in [0.5, 0.6) is 5.75 Å². The zero-order valence-electron chi connectivity index (χ0n) is 13.1. The van der Waals surface area contributed by atoms with Gasteiger partial charge in [-0.25, -0.2) is 0 Å². The van der Waals surface area contributed by atoms with Gasteiger partial charge < -0.3 is 10.0 Å². The van der Waals surface area contributed by atoms with Crippen LogP contribution in [0.15, 0.2) is 12.1 Å². The number of rotatable bonds is 0. The van der Waals surface area contributed by atoms with Gasteiger partial charge in [-0.2, -0.15) is 0 Å². The number of nitrogens with zero attached hydrogens (tertiary/aromatic N) is 1. The molecule has 1 aliphatic heterocycles. The molecule has 2 aliphatic carbocycles. The van der Waals surface area contributed by atoms with Gasteiger partial charge in [0.2, 0.25) is 0 Å². The fourth-order valence-corrected chi connectivity index (χ4v) is 5.48. The van der Waals surface area contributed by atoms with E-state index in [-0.39, 0.29) is 12.4 Å². The minimum Gasteiger partial charge on any atom is -0.508 e. The molecule has 3 aliphatic rings. The van der Waals surface area contributed by atoms with E-state index < -0.39 is 0 Å². The van der Waals surface area contributed by atoms with Crippen molar-refractivity contribution in [2.24, 2.45) is 5.92 Å². The van der Waals surface area contributed by atoms with E-state index in [1.807, 2.05) is 6.07 Å². The third kappa shape index (κ3) is 2.03. The van der Waals surface area contributed by atoms with Gasteiger partial charge in [0, 0.05) is 11.5 Å². The van der Waals surface area contributed by atoms with Crippen LogP contribution in [0.3, 0.4) is 0 Å². The molecule has 3 atom stereocenters. The molecule has 1 N–H and O–H groups in total. The topological polar surface area (TPSA) is 23.5 Å². The van der Waals surface area contributed by atoms with Gasteiger partial charge in [-0.05, 0) is 80.9 Å². The molecular formula is C18H26ClNO. The van der Waals surface area contributed by atoms with Crippen molar-refractivity contribution in [2.45, 2.75) is 56.9 Å². The molecule has 116 valence electrons. The standard InChI is InChI=1S/C18H25NO.ClH/c1-12-9-13(20)10-16-14(12)11-17-15-5-3-4-6-18(15,16)7-8-19(17)2;/h9-10,15,17,20H,3-8,11H2,1-2H3;1H/t15-,17-,18-;/m0./s1. The molecular weight excluding hydrogens is 282 g/mol. The number of piperidine rings is 1. The number of likely N-dealkylation sites (N-methyl/N-ethyl adjacent to an activating group) is 1. The Morgan fingerprint density at radius 1 is 1.24 bits per heavy atom. The molecule has 4 rings (SSSR count). The first-order valence-electron chi connectivity index (χ1n) is 8.15. The van der Waals surface area contributed by atoms with Crippen molar-refractivity contribution in [2.75, 3.05) is 13.6 Å². The molecule has 1 saturated carbocycles. The highest BCUT2D eigenvalue weighted by molar-refractivity contribution is 5.85. The van der Waals surface area contributed by atoms with Gasteiger partial charge in [-0.3, -0.25) is 0 Å². The number of halogens is 1. The Morgan fingerprint density at radius 2 is 2.05 bits per heavy atom. The molecule has 0 spiro atoms. The van der Waals surface area contributed by atoms with E-state index in [1.165, 1.54) is 61.8 Å². The van der Waals surface area contributed by atoms with Crippen molar-refractivity contribution in [1.82, 2.24) is 4.90 Å². The smallest absolute Gasteiger partial charge is 0.116 e. The maximum absolute atomic E-state index is 10.1. The van der Waals surface area contributed by atoms with Crippen LogP contribution in [0.1, 0.15) is 48.8 Å². The summed E-state index contributed by atoms with van der Waals surface area (Å²) >= 11 is 0. The average Bonchev–Trinajstić information content (AvgIpc) is 2.44. The summed E-state index contributed by atoms with van der Waals surface area (Å²) < 4.78 is 0. The Morgan fingerprint density at radius 3 is 2.86 bits per heavy atom. The van der Waals surface area contributed by atoms with E-state index in [9.17, 15) is 5.11 Å². The average molecular weight is 308 g/mol. The summed E-state index contributed by atoms with van der Waals surface area (Å²) in [6.45, 7) is 3.39. The van der Waals surface area contributed by atoms with Gasteiger partial charge in [0.25, 0.3) is 0 Å². The lowest BCUT2D eigenvalue weighted by molar-refractivity contribution is 0.00257. The number of phenols is 1. The van der Waals surface area contributed by atoms with Crippen molar-refractivity contribution >= 4 is 12.4 Å². The Hall–Kier alpha value is -0.730. The quantitative estimate of drug-likeness (QED) is 0.788. The van der Waals surface area contributed by atoms with Crippen molar-refractivity contribution in [3.05, 3.63) is 28.8 Å². The lowest BCUT2D eigenvalue weighted by Gasteiger charge is -2.58. The molecule has 2 bridgehead atoms. The fourth-order valence-electron chi connectivity index (χ4n) is 5.48. The summed E-state index contributed by atoms with van der Waals surface area (Å²) in [5.74, 6) is 1.28. The summed E-state index contributed by atoms with van der Waals surface area (Å²) in [6.07, 6.45) is 7.93. The van der Waals surface area contributed by atoms with Crippen molar-refractivity contribution in [3.8, 4) is 5.75 Å². The van der Waals surface area contributed by atoms with Crippen LogP contribution in [0.25, 0.3) is 0 Å². The largest absolute Gasteiger partial charge is 0.508 e. The van der Waals surface area contributed by atoms with Crippen LogP contribution in [0.2, 0.25) is 0 Å². The third-order valence-corrected chi connectivity index (χ3v) is 6.45. The molecule has 3 heteroatoms. The minimum atomic E-state index is 0. The molecule has 1 saturated heterocycles. The highest BCUT2D eigenvalue weighted by Crippen LogP contribution is 2.56. The molecule has 0 amide bonds. The van der Waals surface area contributed by atoms with Crippen LogP contribution >= 0.6 is 12.4 Å². The number of likely N-dealkylation sites (tertiary alicyclic amines) is 1. The minimum absolute atomic E-state index is 0. The highest BCUT2D eigenvalue weighted by Gasteiger charge is 2.53. The van der Waals surface area contributed by atoms with Crippen molar-refractivity contribution in [1.29, 1.82) is 0 Å². The van der Waals surface area contributed by atoms with E-state index in [0.29, 0.717) is 11.2 Å². The highest BCUT2D eigenvalue weighted by atomic mass is 35.5. The van der Waals surface area contributed by atoms with Gasteiger partial charge in [0.1, 0.15) is 5.75 Å². The molecule has 2 fully saturated rings. The lowest BCUT2D eigenvalue weighted by Crippen LogP contribution is -2.59. The summed E-state index contributed by atoms with van der Waals surface area (Å²) in [4.78, 5) is 2.60. The zero-order chi connectivity index (χ0) is 13.9. The van der Waals surface area contributed by atoms with E-state index in [4.69, 9.17) is 0 Å². The van der Waals surface area contributed by atoms with Crippen LogP contribution in [-0.2, 0) is 11.8 Å². The zero-order valence-corrected chi connectivity index (χ0v) is 13.9. The van der Waals surface area contributed by atoms with Gasteiger partial charge in [0.15, 0.2) is 0 Å². The number of phenolic OH excluding ortho intramolecular Hbond substituents is 1. The summed E-state index contributed by atoms with van der Waals surface area (Å²) in [6, 6.07) is 4.77. The summed E-state index contributed by atoms with van der Waals surface area (Å²) in [5.41, 5.74) is 4.71. The SMILES string of the molecule is Cc1cc(O)cc2c1C[C@H]1[C@@H]3CCCC[C@@]23CCN1C.Cl. The molecule has 0 aromatic heterocycles. The molecule has 2 nitrogen and oxygen atoms in total.